The number of fused-ring (bicyclic) bond motifs is 2. The zero-order chi connectivity index (χ0) is 17.8. The molecule has 3 unspecified atom stereocenters. The number of carbonyl (C=O) groups excluding carboxylic acids is 1. The van der Waals surface area contributed by atoms with Gasteiger partial charge in [0.05, 0.1) is 6.10 Å². The van der Waals surface area contributed by atoms with Crippen LogP contribution in [-0.4, -0.2) is 29.1 Å². The summed E-state index contributed by atoms with van der Waals surface area (Å²) in [6.45, 7) is 6.79. The van der Waals surface area contributed by atoms with Crippen molar-refractivity contribution in [3.63, 3.8) is 0 Å². The van der Waals surface area contributed by atoms with E-state index in [1.54, 1.807) is 0 Å². The fourth-order valence-electron chi connectivity index (χ4n) is 4.48. The highest BCUT2D eigenvalue weighted by molar-refractivity contribution is 6.01. The second-order valence-electron chi connectivity index (χ2n) is 7.73. The number of benzene rings is 1. The van der Waals surface area contributed by atoms with Crippen molar-refractivity contribution in [1.82, 2.24) is 4.98 Å². The molecule has 0 bridgehead atoms. The average molecular weight is 343 g/mol. The van der Waals surface area contributed by atoms with E-state index >= 15 is 0 Å². The SMILES string of the molecule is CCc1nc2cc(NC(=O)C3(N)C4CCCOC4C3(C)C)ccc2o1. The number of ether oxygens (including phenoxy) is 1. The third kappa shape index (κ3) is 2.24. The molecule has 4 rings (SSSR count). The van der Waals surface area contributed by atoms with Crippen molar-refractivity contribution in [2.24, 2.45) is 17.1 Å². The molecule has 1 saturated heterocycles. The highest BCUT2D eigenvalue weighted by atomic mass is 16.5. The van der Waals surface area contributed by atoms with Gasteiger partial charge in [0.15, 0.2) is 11.5 Å². The summed E-state index contributed by atoms with van der Waals surface area (Å²) >= 11 is 0. The van der Waals surface area contributed by atoms with Crippen molar-refractivity contribution in [2.75, 3.05) is 11.9 Å². The number of aryl methyl sites for hydroxylation is 1. The molecule has 2 heterocycles. The summed E-state index contributed by atoms with van der Waals surface area (Å²) in [6.07, 6.45) is 2.68. The molecule has 1 amide bonds. The maximum Gasteiger partial charge on any atom is 0.245 e. The lowest BCUT2D eigenvalue weighted by Gasteiger charge is -2.65. The predicted molar refractivity (Wildman–Crippen MR) is 95.2 cm³/mol. The van der Waals surface area contributed by atoms with Crippen molar-refractivity contribution in [3.05, 3.63) is 24.1 Å². The molecule has 3 N–H and O–H groups in total. The van der Waals surface area contributed by atoms with Gasteiger partial charge in [-0.15, -0.1) is 0 Å². The van der Waals surface area contributed by atoms with E-state index < -0.39 is 11.0 Å². The summed E-state index contributed by atoms with van der Waals surface area (Å²) in [5.41, 5.74) is 7.48. The minimum Gasteiger partial charge on any atom is -0.441 e. The molecule has 2 aromatic rings. The standard InChI is InChI=1S/C19H25N3O3/c1-4-15-22-13-10-11(7-8-14(13)25-15)21-17(23)19(20)12-6-5-9-24-16(12)18(19,2)3/h7-8,10,12,16H,4-6,9,20H2,1-3H3,(H,21,23). The quantitative estimate of drug-likeness (QED) is 0.894. The third-order valence-electron chi connectivity index (χ3n) is 6.05. The molecule has 0 spiro atoms. The Labute approximate surface area is 147 Å². The lowest BCUT2D eigenvalue weighted by molar-refractivity contribution is -0.222. The Morgan fingerprint density at radius 1 is 1.44 bits per heavy atom. The first kappa shape index (κ1) is 16.5. The minimum atomic E-state index is -0.925. The Hall–Kier alpha value is -1.92. The smallest absolute Gasteiger partial charge is 0.245 e. The lowest BCUT2D eigenvalue weighted by Crippen LogP contribution is -2.81. The second-order valence-corrected chi connectivity index (χ2v) is 7.73. The minimum absolute atomic E-state index is 0.0575. The van der Waals surface area contributed by atoms with Crippen LogP contribution in [-0.2, 0) is 16.0 Å². The fourth-order valence-corrected chi connectivity index (χ4v) is 4.48. The van der Waals surface area contributed by atoms with Gasteiger partial charge in [0, 0.05) is 30.0 Å². The van der Waals surface area contributed by atoms with Crippen LogP contribution >= 0.6 is 0 Å². The maximum atomic E-state index is 13.0. The number of amides is 1. The number of nitrogens with zero attached hydrogens (tertiary/aromatic N) is 1. The van der Waals surface area contributed by atoms with E-state index in [1.165, 1.54) is 0 Å². The maximum absolute atomic E-state index is 13.0. The summed E-state index contributed by atoms with van der Waals surface area (Å²) in [7, 11) is 0. The van der Waals surface area contributed by atoms with Gasteiger partial charge in [0.1, 0.15) is 11.1 Å². The van der Waals surface area contributed by atoms with Crippen molar-refractivity contribution >= 4 is 22.7 Å². The summed E-state index contributed by atoms with van der Waals surface area (Å²) in [5.74, 6) is 0.609. The molecule has 1 aliphatic carbocycles. The summed E-state index contributed by atoms with van der Waals surface area (Å²) < 4.78 is 11.5. The topological polar surface area (TPSA) is 90.4 Å². The van der Waals surface area contributed by atoms with Crippen LogP contribution in [0.4, 0.5) is 5.69 Å². The molecule has 25 heavy (non-hydrogen) atoms. The van der Waals surface area contributed by atoms with Gasteiger partial charge in [-0.25, -0.2) is 4.98 Å². The highest BCUT2D eigenvalue weighted by Gasteiger charge is 2.70. The largest absolute Gasteiger partial charge is 0.441 e. The first-order chi connectivity index (χ1) is 11.9. The van der Waals surface area contributed by atoms with Crippen LogP contribution in [0.3, 0.4) is 0 Å². The van der Waals surface area contributed by atoms with Crippen molar-refractivity contribution in [3.8, 4) is 0 Å². The van der Waals surface area contributed by atoms with Gasteiger partial charge >= 0.3 is 0 Å². The van der Waals surface area contributed by atoms with Gasteiger partial charge in [-0.05, 0) is 31.0 Å². The van der Waals surface area contributed by atoms with E-state index in [2.05, 4.69) is 10.3 Å². The van der Waals surface area contributed by atoms with Gasteiger partial charge in [0.25, 0.3) is 0 Å². The van der Waals surface area contributed by atoms with E-state index in [0.29, 0.717) is 11.6 Å². The number of nitrogens with two attached hydrogens (primary N) is 1. The number of oxazole rings is 1. The number of rotatable bonds is 3. The molecule has 1 aliphatic heterocycles. The lowest BCUT2D eigenvalue weighted by atomic mass is 9.46. The third-order valence-corrected chi connectivity index (χ3v) is 6.05. The van der Waals surface area contributed by atoms with Crippen LogP contribution in [0.1, 0.15) is 39.5 Å². The summed E-state index contributed by atoms with van der Waals surface area (Å²) in [4.78, 5) is 17.5. The van der Waals surface area contributed by atoms with Crippen molar-refractivity contribution < 1.29 is 13.9 Å². The molecule has 3 atom stereocenters. The molecule has 2 fully saturated rings. The van der Waals surface area contributed by atoms with Crippen LogP contribution in [0, 0.1) is 11.3 Å². The first-order valence-corrected chi connectivity index (χ1v) is 8.99. The molecule has 0 radical (unpaired) electrons. The molecule has 1 saturated carbocycles. The van der Waals surface area contributed by atoms with Gasteiger partial charge in [0.2, 0.25) is 5.91 Å². The zero-order valence-electron chi connectivity index (χ0n) is 15.0. The first-order valence-electron chi connectivity index (χ1n) is 8.99. The summed E-state index contributed by atoms with van der Waals surface area (Å²) in [6, 6.07) is 5.49. The number of nitrogens with one attached hydrogen (secondary N) is 1. The van der Waals surface area contributed by atoms with Crippen LogP contribution in [0.2, 0.25) is 0 Å². The summed E-state index contributed by atoms with van der Waals surface area (Å²) in [5, 5.41) is 2.99. The normalized spacial score (nSPS) is 30.6. The Balaban J connectivity index is 1.59. The van der Waals surface area contributed by atoms with E-state index in [1.807, 2.05) is 39.0 Å². The van der Waals surface area contributed by atoms with Gasteiger partial charge < -0.3 is 20.2 Å². The molecular weight excluding hydrogens is 318 g/mol. The fraction of sp³-hybridized carbons (Fsp3) is 0.579. The monoisotopic (exact) mass is 343 g/mol. The molecule has 1 aromatic carbocycles. The Bertz CT molecular complexity index is 828. The van der Waals surface area contributed by atoms with Crippen LogP contribution in [0.5, 0.6) is 0 Å². The molecule has 1 aromatic heterocycles. The van der Waals surface area contributed by atoms with Crippen LogP contribution < -0.4 is 11.1 Å². The van der Waals surface area contributed by atoms with Gasteiger partial charge in [-0.2, -0.15) is 0 Å². The Kier molecular flexibility index (Phi) is 3.67. The van der Waals surface area contributed by atoms with Crippen molar-refractivity contribution in [2.45, 2.75) is 51.7 Å². The number of carbonyl (C=O) groups is 1. The predicted octanol–water partition coefficient (Wildman–Crippen LogP) is 2.86. The van der Waals surface area contributed by atoms with Crippen molar-refractivity contribution in [1.29, 1.82) is 0 Å². The van der Waals surface area contributed by atoms with Crippen LogP contribution in [0.15, 0.2) is 22.6 Å². The Morgan fingerprint density at radius 3 is 3.00 bits per heavy atom. The highest BCUT2D eigenvalue weighted by Crippen LogP contribution is 2.57. The second kappa shape index (κ2) is 5.54. The molecule has 6 heteroatoms. The molecular formula is C19H25N3O3. The molecule has 6 nitrogen and oxygen atoms in total. The number of hydrogen-bond donors (Lipinski definition) is 2. The average Bonchev–Trinajstić information content (AvgIpc) is 3.03. The number of anilines is 1. The zero-order valence-corrected chi connectivity index (χ0v) is 15.0. The van der Waals surface area contributed by atoms with E-state index in [4.69, 9.17) is 14.9 Å². The van der Waals surface area contributed by atoms with Gasteiger partial charge in [-0.3, -0.25) is 4.79 Å². The Morgan fingerprint density at radius 2 is 2.24 bits per heavy atom. The molecule has 2 aliphatic rings. The van der Waals surface area contributed by atoms with Gasteiger partial charge in [-0.1, -0.05) is 20.8 Å². The van der Waals surface area contributed by atoms with E-state index in [0.717, 1.165) is 37.0 Å². The van der Waals surface area contributed by atoms with Crippen LogP contribution in [0.25, 0.3) is 11.1 Å². The van der Waals surface area contributed by atoms with E-state index in [9.17, 15) is 4.79 Å². The number of aromatic nitrogens is 1. The molecule has 134 valence electrons. The van der Waals surface area contributed by atoms with E-state index in [-0.39, 0.29) is 17.9 Å². The number of hydrogen-bond acceptors (Lipinski definition) is 5.